The summed E-state index contributed by atoms with van der Waals surface area (Å²) in [5.41, 5.74) is 2.99. The van der Waals surface area contributed by atoms with Gasteiger partial charge in [0, 0.05) is 18.9 Å². The van der Waals surface area contributed by atoms with Gasteiger partial charge >= 0.3 is 0 Å². The van der Waals surface area contributed by atoms with Crippen LogP contribution in [-0.4, -0.2) is 28.1 Å². The minimum absolute atomic E-state index is 0.0188. The Kier molecular flexibility index (Phi) is 5.49. The first kappa shape index (κ1) is 19.0. The van der Waals surface area contributed by atoms with E-state index in [9.17, 15) is 4.79 Å². The molecule has 0 radical (unpaired) electrons. The highest BCUT2D eigenvalue weighted by atomic mass is 16.3. The van der Waals surface area contributed by atoms with Crippen LogP contribution in [0.2, 0.25) is 0 Å². The van der Waals surface area contributed by atoms with Gasteiger partial charge in [-0.2, -0.15) is 5.10 Å². The number of H-pyrrole nitrogens is 1. The van der Waals surface area contributed by atoms with Crippen LogP contribution < -0.4 is 0 Å². The average molecular weight is 365 g/mol. The Bertz CT molecular complexity index is 861. The lowest BCUT2D eigenvalue weighted by Gasteiger charge is -2.20. The number of nitrogens with zero attached hydrogens (tertiary/aromatic N) is 2. The van der Waals surface area contributed by atoms with E-state index in [0.717, 1.165) is 22.7 Å². The van der Waals surface area contributed by atoms with Crippen LogP contribution in [0.1, 0.15) is 55.8 Å². The number of rotatable bonds is 6. The number of nitrogens with one attached hydrogen (secondary N) is 1. The van der Waals surface area contributed by atoms with Crippen LogP contribution in [0.15, 0.2) is 59.2 Å². The van der Waals surface area contributed by atoms with Crippen LogP contribution in [0.25, 0.3) is 0 Å². The summed E-state index contributed by atoms with van der Waals surface area (Å²) in [6.07, 6.45) is 2.01. The number of carbonyl (C=O) groups excluding carboxylic acids is 1. The maximum Gasteiger partial charge on any atom is 0.223 e. The lowest BCUT2D eigenvalue weighted by molar-refractivity contribution is -0.130. The zero-order valence-electron chi connectivity index (χ0n) is 16.4. The van der Waals surface area contributed by atoms with Gasteiger partial charge in [-0.1, -0.05) is 51.1 Å². The lowest BCUT2D eigenvalue weighted by Crippen LogP contribution is -2.28. The molecule has 1 N–H and O–H groups in total. The fourth-order valence-electron chi connectivity index (χ4n) is 3.06. The topological polar surface area (TPSA) is 62.1 Å². The first-order valence-corrected chi connectivity index (χ1v) is 9.21. The van der Waals surface area contributed by atoms with Crippen molar-refractivity contribution in [2.45, 2.75) is 45.1 Å². The van der Waals surface area contributed by atoms with Gasteiger partial charge in [-0.15, -0.1) is 0 Å². The molecule has 5 nitrogen and oxygen atoms in total. The van der Waals surface area contributed by atoms with E-state index in [0.29, 0.717) is 13.0 Å². The van der Waals surface area contributed by atoms with E-state index in [1.54, 1.807) is 11.2 Å². The number of hydrogen-bond acceptors (Lipinski definition) is 3. The van der Waals surface area contributed by atoms with Crippen molar-refractivity contribution in [3.05, 3.63) is 77.5 Å². The smallest absolute Gasteiger partial charge is 0.223 e. The minimum atomic E-state index is -0.0944. The summed E-state index contributed by atoms with van der Waals surface area (Å²) in [6.45, 7) is 6.86. The van der Waals surface area contributed by atoms with E-state index in [2.05, 4.69) is 31.0 Å². The minimum Gasteiger partial charge on any atom is -0.469 e. The number of carbonyl (C=O) groups is 1. The number of amides is 1. The number of furan rings is 1. The van der Waals surface area contributed by atoms with Gasteiger partial charge in [-0.3, -0.25) is 9.89 Å². The predicted octanol–water partition coefficient (Wildman–Crippen LogP) is 4.48. The van der Waals surface area contributed by atoms with Crippen LogP contribution in [0.3, 0.4) is 0 Å². The van der Waals surface area contributed by atoms with Gasteiger partial charge in [-0.05, 0) is 23.8 Å². The highest BCUT2D eigenvalue weighted by molar-refractivity contribution is 5.77. The molecule has 27 heavy (non-hydrogen) atoms. The molecular weight excluding hydrogens is 338 g/mol. The summed E-state index contributed by atoms with van der Waals surface area (Å²) in [5.74, 6) is 0.773. The molecule has 1 unspecified atom stereocenters. The summed E-state index contributed by atoms with van der Waals surface area (Å²) in [5, 5.41) is 7.42. The van der Waals surface area contributed by atoms with E-state index in [1.165, 1.54) is 0 Å². The van der Waals surface area contributed by atoms with Gasteiger partial charge in [0.15, 0.2) is 0 Å². The van der Waals surface area contributed by atoms with Gasteiger partial charge in [0.1, 0.15) is 5.76 Å². The van der Waals surface area contributed by atoms with Crippen LogP contribution in [0.5, 0.6) is 0 Å². The Labute approximate surface area is 160 Å². The number of hydrogen-bond donors (Lipinski definition) is 1. The molecule has 0 aliphatic carbocycles. The predicted molar refractivity (Wildman–Crippen MR) is 105 cm³/mol. The first-order valence-electron chi connectivity index (χ1n) is 9.21. The zero-order valence-corrected chi connectivity index (χ0v) is 16.4. The fraction of sp³-hybridized carbons (Fsp3) is 0.364. The first-order chi connectivity index (χ1) is 12.8. The van der Waals surface area contributed by atoms with Crippen molar-refractivity contribution in [1.82, 2.24) is 15.1 Å². The monoisotopic (exact) mass is 365 g/mol. The molecule has 0 aliphatic rings. The highest BCUT2D eigenvalue weighted by Crippen LogP contribution is 2.29. The van der Waals surface area contributed by atoms with Crippen molar-refractivity contribution in [3.63, 3.8) is 0 Å². The Hall–Kier alpha value is -2.82. The van der Waals surface area contributed by atoms with E-state index in [4.69, 9.17) is 4.42 Å². The van der Waals surface area contributed by atoms with Crippen molar-refractivity contribution in [1.29, 1.82) is 0 Å². The molecule has 1 atom stereocenters. The van der Waals surface area contributed by atoms with Gasteiger partial charge in [0.2, 0.25) is 5.91 Å². The second-order valence-corrected chi connectivity index (χ2v) is 7.96. The maximum atomic E-state index is 12.9. The largest absolute Gasteiger partial charge is 0.469 e. The quantitative estimate of drug-likeness (QED) is 0.700. The molecule has 0 saturated carbocycles. The Morgan fingerprint density at radius 1 is 1.19 bits per heavy atom. The second-order valence-electron chi connectivity index (χ2n) is 7.96. The van der Waals surface area contributed by atoms with E-state index in [1.807, 2.05) is 55.6 Å². The van der Waals surface area contributed by atoms with Gasteiger partial charge in [0.05, 0.1) is 30.1 Å². The Morgan fingerprint density at radius 3 is 2.52 bits per heavy atom. The summed E-state index contributed by atoms with van der Waals surface area (Å²) in [7, 11) is 1.82. The van der Waals surface area contributed by atoms with Crippen molar-refractivity contribution in [2.24, 2.45) is 0 Å². The van der Waals surface area contributed by atoms with Crippen LogP contribution in [0.4, 0.5) is 0 Å². The summed E-state index contributed by atoms with van der Waals surface area (Å²) in [6, 6.07) is 15.8. The molecule has 0 bridgehead atoms. The molecule has 142 valence electrons. The molecule has 0 aliphatic heterocycles. The summed E-state index contributed by atoms with van der Waals surface area (Å²) >= 11 is 0. The molecule has 0 saturated heterocycles. The standard InChI is InChI=1S/C22H27N3O2/c1-22(2,3)20-13-17(23-24-20)15-25(4)21(26)14-18(19-11-8-12-27-19)16-9-6-5-7-10-16/h5-13,18H,14-15H2,1-4H3,(H,23,24). The highest BCUT2D eigenvalue weighted by Gasteiger charge is 2.23. The summed E-state index contributed by atoms with van der Waals surface area (Å²) < 4.78 is 5.60. The van der Waals surface area contributed by atoms with Crippen molar-refractivity contribution in [2.75, 3.05) is 7.05 Å². The third-order valence-corrected chi connectivity index (χ3v) is 4.70. The molecule has 2 aromatic heterocycles. The molecule has 1 aromatic carbocycles. The molecule has 2 heterocycles. The molecule has 5 heteroatoms. The fourth-order valence-corrected chi connectivity index (χ4v) is 3.06. The third-order valence-electron chi connectivity index (χ3n) is 4.70. The molecular formula is C22H27N3O2. The number of benzene rings is 1. The van der Waals surface area contributed by atoms with Crippen LogP contribution in [-0.2, 0) is 16.8 Å². The van der Waals surface area contributed by atoms with Crippen molar-refractivity contribution < 1.29 is 9.21 Å². The normalized spacial score (nSPS) is 12.7. The second kappa shape index (κ2) is 7.82. The van der Waals surface area contributed by atoms with Crippen LogP contribution >= 0.6 is 0 Å². The maximum absolute atomic E-state index is 12.9. The average Bonchev–Trinajstić information content (AvgIpc) is 3.31. The SMILES string of the molecule is CN(Cc1cc(C(C)(C)C)n[nH]1)C(=O)CC(c1ccccc1)c1ccco1. The Morgan fingerprint density at radius 2 is 1.93 bits per heavy atom. The number of aromatic nitrogens is 2. The number of aromatic amines is 1. The van der Waals surface area contributed by atoms with E-state index in [-0.39, 0.29) is 17.2 Å². The molecule has 0 fully saturated rings. The van der Waals surface area contributed by atoms with Crippen LogP contribution in [0, 0.1) is 0 Å². The van der Waals surface area contributed by atoms with Crippen molar-refractivity contribution >= 4 is 5.91 Å². The summed E-state index contributed by atoms with van der Waals surface area (Å²) in [4.78, 5) is 14.6. The molecule has 3 aromatic rings. The Balaban J connectivity index is 1.71. The van der Waals surface area contributed by atoms with Crippen molar-refractivity contribution in [3.8, 4) is 0 Å². The molecule has 0 spiro atoms. The van der Waals surface area contributed by atoms with E-state index >= 15 is 0 Å². The van der Waals surface area contributed by atoms with E-state index < -0.39 is 0 Å². The van der Waals surface area contributed by atoms with Gasteiger partial charge in [-0.25, -0.2) is 0 Å². The zero-order chi connectivity index (χ0) is 19.4. The molecule has 1 amide bonds. The third kappa shape index (κ3) is 4.67. The lowest BCUT2D eigenvalue weighted by atomic mass is 9.92. The van der Waals surface area contributed by atoms with Gasteiger partial charge < -0.3 is 9.32 Å². The molecule has 3 rings (SSSR count). The van der Waals surface area contributed by atoms with Gasteiger partial charge in [0.25, 0.3) is 0 Å².